The Morgan fingerprint density at radius 1 is 0.413 bits per heavy atom. The standard InChI is InChI=1S/C65H38F3N7/c1-70-55-29-17-16-28-50(55)46-31-33-61-52(35-46)51-34-45(49-27-15-14-26-47(49)40-69)30-32-60(51)75(61)62-53(58-38-56(41-18-6-2-7-19-41)71-63(73-58)43-22-10-4-11-23-43)36-48(65(66,67)68)37-54(62)59-39-57(42-20-8-3-9-21-42)72-64(74-59)44-24-12-5-13-25-44/h2-39H. The SMILES string of the molecule is [C-]#[N+]c1ccccc1-c1ccc2c(c1)c1cc(-c3ccccc3C#N)ccc1n2-c1c(-c2cc(-c3ccccc3)nc(-c3ccccc3)n2)cc(C(F)(F)F)cc1-c1cc(-c2ccccc2)nc(-c2ccccc2)n1. The second-order valence-corrected chi connectivity index (χ2v) is 17.9. The number of nitrogens with zero attached hydrogens (tertiary/aromatic N) is 7. The highest BCUT2D eigenvalue weighted by molar-refractivity contribution is 6.13. The Morgan fingerprint density at radius 2 is 0.827 bits per heavy atom. The number of hydrogen-bond donors (Lipinski definition) is 0. The van der Waals surface area contributed by atoms with Crippen LogP contribution in [0.3, 0.4) is 0 Å². The maximum atomic E-state index is 16.0. The van der Waals surface area contributed by atoms with Gasteiger partial charge in [-0.05, 0) is 76.9 Å². The Labute approximate surface area is 429 Å². The fraction of sp³-hybridized carbons (Fsp3) is 0.0154. The summed E-state index contributed by atoms with van der Waals surface area (Å²) in [5, 5.41) is 11.8. The van der Waals surface area contributed by atoms with Gasteiger partial charge in [0, 0.05) is 44.2 Å². The minimum Gasteiger partial charge on any atom is -0.308 e. The molecule has 354 valence electrons. The van der Waals surface area contributed by atoms with Gasteiger partial charge in [0.15, 0.2) is 17.3 Å². The lowest BCUT2D eigenvalue weighted by Gasteiger charge is -2.22. The van der Waals surface area contributed by atoms with E-state index in [2.05, 4.69) is 10.9 Å². The van der Waals surface area contributed by atoms with Crippen molar-refractivity contribution in [2.24, 2.45) is 0 Å². The Hall–Kier alpha value is -10.3. The van der Waals surface area contributed by atoms with Gasteiger partial charge in [0.1, 0.15) is 0 Å². The fourth-order valence-electron chi connectivity index (χ4n) is 9.79. The summed E-state index contributed by atoms with van der Waals surface area (Å²) in [6.45, 7) is 8.05. The minimum atomic E-state index is -4.83. The van der Waals surface area contributed by atoms with Gasteiger partial charge in [0.2, 0.25) is 0 Å². The molecule has 12 aromatic rings. The molecule has 75 heavy (non-hydrogen) atoms. The molecule has 9 aromatic carbocycles. The zero-order valence-corrected chi connectivity index (χ0v) is 39.7. The van der Waals surface area contributed by atoms with Gasteiger partial charge in [-0.1, -0.05) is 176 Å². The van der Waals surface area contributed by atoms with Crippen molar-refractivity contribution in [1.82, 2.24) is 24.5 Å². The number of nitriles is 1. The number of halogens is 3. The van der Waals surface area contributed by atoms with Crippen molar-refractivity contribution in [3.05, 3.63) is 253 Å². The van der Waals surface area contributed by atoms with Crippen molar-refractivity contribution >= 4 is 27.5 Å². The molecule has 7 nitrogen and oxygen atoms in total. The van der Waals surface area contributed by atoms with Gasteiger partial charge in [-0.3, -0.25) is 0 Å². The van der Waals surface area contributed by atoms with Gasteiger partial charge in [0.25, 0.3) is 0 Å². The normalized spacial score (nSPS) is 11.4. The van der Waals surface area contributed by atoms with Crippen LogP contribution in [0.4, 0.5) is 18.9 Å². The van der Waals surface area contributed by atoms with Crippen LogP contribution in [0.5, 0.6) is 0 Å². The molecule has 0 aliphatic carbocycles. The molecule has 0 spiro atoms. The fourth-order valence-corrected chi connectivity index (χ4v) is 9.79. The number of para-hydroxylation sites is 1. The van der Waals surface area contributed by atoms with E-state index in [-0.39, 0.29) is 22.5 Å². The first kappa shape index (κ1) is 45.8. The van der Waals surface area contributed by atoms with Gasteiger partial charge in [0.05, 0.1) is 63.3 Å². The Balaban J connectivity index is 1.26. The zero-order chi connectivity index (χ0) is 51.0. The van der Waals surface area contributed by atoms with E-state index >= 15 is 13.2 Å². The highest BCUT2D eigenvalue weighted by Crippen LogP contribution is 2.47. The number of aromatic nitrogens is 5. The molecule has 0 aliphatic rings. The highest BCUT2D eigenvalue weighted by Gasteiger charge is 2.35. The molecule has 3 aromatic heterocycles. The van der Waals surface area contributed by atoms with Crippen molar-refractivity contribution in [2.45, 2.75) is 6.18 Å². The van der Waals surface area contributed by atoms with E-state index in [9.17, 15) is 5.26 Å². The van der Waals surface area contributed by atoms with E-state index in [1.54, 1.807) is 24.3 Å². The first-order valence-corrected chi connectivity index (χ1v) is 24.0. The van der Waals surface area contributed by atoms with Crippen LogP contribution in [0.15, 0.2) is 231 Å². The van der Waals surface area contributed by atoms with Crippen molar-refractivity contribution < 1.29 is 13.2 Å². The average Bonchev–Trinajstić information content (AvgIpc) is 3.89. The molecular weight excluding hydrogens is 936 g/mol. The molecule has 0 bridgehead atoms. The highest BCUT2D eigenvalue weighted by atomic mass is 19.4. The number of benzene rings is 9. The Morgan fingerprint density at radius 3 is 1.29 bits per heavy atom. The summed E-state index contributed by atoms with van der Waals surface area (Å²) >= 11 is 0. The van der Waals surface area contributed by atoms with Crippen molar-refractivity contribution in [2.75, 3.05) is 0 Å². The third-order valence-electron chi connectivity index (χ3n) is 13.3. The molecule has 0 atom stereocenters. The number of fused-ring (bicyclic) bond motifs is 3. The topological polar surface area (TPSA) is 84.6 Å². The molecular formula is C65H38F3N7. The van der Waals surface area contributed by atoms with E-state index in [1.165, 1.54) is 12.1 Å². The molecule has 0 unspecified atom stereocenters. The maximum absolute atomic E-state index is 16.0. The van der Waals surface area contributed by atoms with E-state index in [0.717, 1.165) is 44.2 Å². The van der Waals surface area contributed by atoms with Gasteiger partial charge in [-0.15, -0.1) is 0 Å². The summed E-state index contributed by atoms with van der Waals surface area (Å²) in [4.78, 5) is 24.3. The van der Waals surface area contributed by atoms with Crippen LogP contribution < -0.4 is 0 Å². The third kappa shape index (κ3) is 8.63. The summed E-state index contributed by atoms with van der Waals surface area (Å²) in [5.74, 6) is 0.644. The zero-order valence-electron chi connectivity index (χ0n) is 39.7. The maximum Gasteiger partial charge on any atom is 0.416 e. The van der Waals surface area contributed by atoms with Crippen molar-refractivity contribution in [3.8, 4) is 102 Å². The Kier molecular flexibility index (Phi) is 11.6. The molecule has 3 heterocycles. The summed E-state index contributed by atoms with van der Waals surface area (Å²) in [6.07, 6.45) is -4.83. The second-order valence-electron chi connectivity index (χ2n) is 17.9. The largest absolute Gasteiger partial charge is 0.416 e. The summed E-state index contributed by atoms with van der Waals surface area (Å²) in [5.41, 5.74) is 9.39. The molecule has 0 amide bonds. The van der Waals surface area contributed by atoms with Gasteiger partial charge < -0.3 is 4.57 Å². The molecule has 0 N–H and O–H groups in total. The third-order valence-corrected chi connectivity index (χ3v) is 13.3. The predicted molar refractivity (Wildman–Crippen MR) is 291 cm³/mol. The lowest BCUT2D eigenvalue weighted by atomic mass is 9.95. The molecule has 10 heteroatoms. The average molecular weight is 974 g/mol. The summed E-state index contributed by atoms with van der Waals surface area (Å²) in [7, 11) is 0. The number of alkyl halides is 3. The quantitative estimate of drug-likeness (QED) is 0.135. The van der Waals surface area contributed by atoms with Crippen LogP contribution in [0, 0.1) is 17.9 Å². The summed E-state index contributed by atoms with van der Waals surface area (Å²) in [6, 6.07) is 72.6. The molecule has 0 saturated heterocycles. The van der Waals surface area contributed by atoms with Gasteiger partial charge in [-0.2, -0.15) is 18.4 Å². The van der Waals surface area contributed by atoms with E-state index in [0.29, 0.717) is 62.1 Å². The molecule has 0 saturated carbocycles. The van der Waals surface area contributed by atoms with Crippen molar-refractivity contribution in [3.63, 3.8) is 0 Å². The van der Waals surface area contributed by atoms with Crippen LogP contribution >= 0.6 is 0 Å². The predicted octanol–water partition coefficient (Wildman–Crippen LogP) is 17.1. The van der Waals surface area contributed by atoms with E-state index in [1.807, 2.05) is 199 Å². The van der Waals surface area contributed by atoms with Gasteiger partial charge >= 0.3 is 6.18 Å². The van der Waals surface area contributed by atoms with Crippen LogP contribution in [0.2, 0.25) is 0 Å². The molecule has 0 radical (unpaired) electrons. The van der Waals surface area contributed by atoms with Crippen LogP contribution in [0.25, 0.3) is 122 Å². The Bertz CT molecular complexity index is 3860. The molecule has 0 aliphatic heterocycles. The van der Waals surface area contributed by atoms with Crippen LogP contribution in [0.1, 0.15) is 11.1 Å². The van der Waals surface area contributed by atoms with E-state index < -0.39 is 11.7 Å². The first-order valence-electron chi connectivity index (χ1n) is 24.0. The first-order chi connectivity index (χ1) is 36.7. The smallest absolute Gasteiger partial charge is 0.308 e. The van der Waals surface area contributed by atoms with Crippen LogP contribution in [-0.4, -0.2) is 24.5 Å². The lowest BCUT2D eigenvalue weighted by Crippen LogP contribution is -2.10. The molecule has 0 fully saturated rings. The minimum absolute atomic E-state index is 0.165. The monoisotopic (exact) mass is 973 g/mol. The number of hydrogen-bond acceptors (Lipinski definition) is 5. The van der Waals surface area contributed by atoms with Gasteiger partial charge in [-0.25, -0.2) is 24.8 Å². The summed E-state index contributed by atoms with van der Waals surface area (Å²) < 4.78 is 49.9. The number of rotatable bonds is 9. The lowest BCUT2D eigenvalue weighted by molar-refractivity contribution is -0.137. The second kappa shape index (κ2) is 19.0. The molecule has 12 rings (SSSR count). The van der Waals surface area contributed by atoms with E-state index in [4.69, 9.17) is 26.5 Å². The van der Waals surface area contributed by atoms with Crippen LogP contribution in [-0.2, 0) is 6.18 Å². The van der Waals surface area contributed by atoms with Crippen molar-refractivity contribution in [1.29, 1.82) is 5.26 Å².